The molecular weight excluding hydrogens is 580 g/mol. The van der Waals surface area contributed by atoms with E-state index in [-0.39, 0.29) is 37.4 Å². The van der Waals surface area contributed by atoms with Crippen LogP contribution in [0.1, 0.15) is 182 Å². The van der Waals surface area contributed by atoms with Gasteiger partial charge in [0.1, 0.15) is 0 Å². The van der Waals surface area contributed by atoms with Gasteiger partial charge in [0.25, 0.3) is 0 Å². The molecule has 7 heteroatoms. The van der Waals surface area contributed by atoms with Crippen molar-refractivity contribution in [1.29, 1.82) is 0 Å². The van der Waals surface area contributed by atoms with E-state index in [1.807, 2.05) is 0 Å². The summed E-state index contributed by atoms with van der Waals surface area (Å²) in [6, 6.07) is 0. The minimum atomic E-state index is -0.412. The van der Waals surface area contributed by atoms with Gasteiger partial charge < -0.3 is 18.9 Å². The summed E-state index contributed by atoms with van der Waals surface area (Å²) >= 11 is 0. The highest BCUT2D eigenvalue weighted by Crippen LogP contribution is 2.30. The van der Waals surface area contributed by atoms with E-state index in [4.69, 9.17) is 18.9 Å². The number of unbranched alkanes of at least 4 members (excludes halogenated alkanes) is 15. The van der Waals surface area contributed by atoms with Gasteiger partial charge >= 0.3 is 17.9 Å². The Bertz CT molecular complexity index is 702. The molecule has 0 heterocycles. The summed E-state index contributed by atoms with van der Waals surface area (Å²) in [5.74, 6) is -0.211. The molecule has 0 aliphatic heterocycles. The number of carbonyl (C=O) groups excluding carboxylic acids is 3. The van der Waals surface area contributed by atoms with Crippen LogP contribution in [0.3, 0.4) is 0 Å². The predicted octanol–water partition coefficient (Wildman–Crippen LogP) is 10.6. The summed E-state index contributed by atoms with van der Waals surface area (Å²) in [5, 5.41) is 0. The first-order valence-electron chi connectivity index (χ1n) is 19.3. The minimum Gasteiger partial charge on any atom is -0.466 e. The molecule has 0 aromatic heterocycles. The third kappa shape index (κ3) is 29.8. The fourth-order valence-electron chi connectivity index (χ4n) is 5.89. The number of esters is 3. The molecule has 0 spiro atoms. The van der Waals surface area contributed by atoms with Crippen LogP contribution in [-0.2, 0) is 33.3 Å². The molecule has 3 unspecified atom stereocenters. The molecule has 1 aliphatic carbocycles. The highest BCUT2D eigenvalue weighted by atomic mass is 16.5. The lowest BCUT2D eigenvalue weighted by atomic mass is 10.0. The Labute approximate surface area is 284 Å². The maximum absolute atomic E-state index is 12.5. The van der Waals surface area contributed by atoms with E-state index < -0.39 is 5.92 Å². The normalized spacial score (nSPS) is 16.4. The summed E-state index contributed by atoms with van der Waals surface area (Å²) < 4.78 is 21.3. The molecule has 0 aromatic rings. The van der Waals surface area contributed by atoms with Gasteiger partial charge in [-0.05, 0) is 43.9 Å². The smallest absolute Gasteiger partial charge is 0.306 e. The van der Waals surface area contributed by atoms with Crippen molar-refractivity contribution in [2.75, 3.05) is 33.5 Å². The van der Waals surface area contributed by atoms with Gasteiger partial charge in [0.05, 0.1) is 32.7 Å². The summed E-state index contributed by atoms with van der Waals surface area (Å²) in [4.78, 5) is 37.1. The van der Waals surface area contributed by atoms with Gasteiger partial charge in [-0.15, -0.1) is 0 Å². The third-order valence-corrected chi connectivity index (χ3v) is 8.87. The lowest BCUT2D eigenvalue weighted by Crippen LogP contribution is -2.23. The van der Waals surface area contributed by atoms with E-state index in [0.29, 0.717) is 31.5 Å². The van der Waals surface area contributed by atoms with Crippen molar-refractivity contribution in [3.63, 3.8) is 0 Å². The summed E-state index contributed by atoms with van der Waals surface area (Å²) in [7, 11) is 1.77. The van der Waals surface area contributed by atoms with Crippen LogP contribution in [0.5, 0.6) is 0 Å². The van der Waals surface area contributed by atoms with Crippen molar-refractivity contribution in [1.82, 2.24) is 0 Å². The van der Waals surface area contributed by atoms with Gasteiger partial charge in [0, 0.05) is 26.1 Å². The topological polar surface area (TPSA) is 88.1 Å². The standard InChI is InChI=1S/C30H54O6.C9H20O/c1-4-6-8-10-12-14-16-28(31)35-24-27(21-29(32)34-19-15-13-11-9-7-5-2)22-30(33)36-23-26-18-17-25(3)20-26;1-3-4-5-6-7-8-9-10-2/h25-27H,4-24H2,1-3H3;3-9H2,1-2H3. The fourth-order valence-corrected chi connectivity index (χ4v) is 5.89. The highest BCUT2D eigenvalue weighted by Gasteiger charge is 2.25. The molecule has 0 amide bonds. The largest absolute Gasteiger partial charge is 0.466 e. The Morgan fingerprint density at radius 3 is 1.61 bits per heavy atom. The van der Waals surface area contributed by atoms with Crippen LogP contribution in [-0.4, -0.2) is 51.4 Å². The van der Waals surface area contributed by atoms with Crippen molar-refractivity contribution >= 4 is 17.9 Å². The Morgan fingerprint density at radius 2 is 1.09 bits per heavy atom. The molecule has 7 nitrogen and oxygen atoms in total. The van der Waals surface area contributed by atoms with Crippen molar-refractivity contribution in [2.45, 2.75) is 182 Å². The van der Waals surface area contributed by atoms with Crippen LogP contribution in [0.2, 0.25) is 0 Å². The van der Waals surface area contributed by atoms with Gasteiger partial charge in [-0.1, -0.05) is 130 Å². The maximum atomic E-state index is 12.5. The second-order valence-corrected chi connectivity index (χ2v) is 13.7. The van der Waals surface area contributed by atoms with Crippen molar-refractivity contribution in [3.8, 4) is 0 Å². The van der Waals surface area contributed by atoms with Crippen LogP contribution in [0.25, 0.3) is 0 Å². The first-order valence-corrected chi connectivity index (χ1v) is 19.3. The lowest BCUT2D eigenvalue weighted by Gasteiger charge is -2.17. The lowest BCUT2D eigenvalue weighted by molar-refractivity contribution is -0.154. The van der Waals surface area contributed by atoms with E-state index in [1.165, 1.54) is 83.5 Å². The van der Waals surface area contributed by atoms with Crippen LogP contribution in [0, 0.1) is 17.8 Å². The zero-order valence-corrected chi connectivity index (χ0v) is 30.9. The molecule has 1 aliphatic rings. The quantitative estimate of drug-likeness (QED) is 0.0450. The second-order valence-electron chi connectivity index (χ2n) is 13.7. The average molecular weight is 655 g/mol. The molecule has 0 bridgehead atoms. The third-order valence-electron chi connectivity index (χ3n) is 8.87. The van der Waals surface area contributed by atoms with Crippen molar-refractivity contribution in [2.24, 2.45) is 17.8 Å². The molecule has 3 atom stereocenters. The van der Waals surface area contributed by atoms with E-state index in [9.17, 15) is 14.4 Å². The number of methoxy groups -OCH3 is 1. The zero-order valence-electron chi connectivity index (χ0n) is 30.9. The number of rotatable bonds is 29. The van der Waals surface area contributed by atoms with Gasteiger partial charge in [-0.25, -0.2) is 0 Å². The molecule has 0 N–H and O–H groups in total. The number of hydrogen-bond donors (Lipinski definition) is 0. The Balaban J connectivity index is 0.00000173. The number of carbonyl (C=O) groups is 3. The summed E-state index contributed by atoms with van der Waals surface area (Å²) in [6.45, 7) is 10.7. The second kappa shape index (κ2) is 33.3. The first kappa shape index (κ1) is 44.4. The number of ether oxygens (including phenoxy) is 4. The van der Waals surface area contributed by atoms with Crippen molar-refractivity contribution in [3.05, 3.63) is 0 Å². The molecule has 0 saturated heterocycles. The first-order chi connectivity index (χ1) is 22.4. The molecule has 272 valence electrons. The fraction of sp³-hybridized carbons (Fsp3) is 0.923. The minimum absolute atomic E-state index is 0.0519. The SMILES string of the molecule is CCCCCCCCOC.CCCCCCCCOC(=O)CC(COC(=O)CCCCCCCC)CC(=O)OCC1CCC(C)C1. The van der Waals surface area contributed by atoms with Gasteiger partial charge in [-0.3, -0.25) is 14.4 Å². The molecule has 0 radical (unpaired) electrons. The van der Waals surface area contributed by atoms with Gasteiger partial charge in [0.15, 0.2) is 0 Å². The van der Waals surface area contributed by atoms with Gasteiger partial charge in [-0.2, -0.15) is 0 Å². The zero-order chi connectivity index (χ0) is 34.1. The molecule has 1 saturated carbocycles. The van der Waals surface area contributed by atoms with Crippen LogP contribution < -0.4 is 0 Å². The number of hydrogen-bond acceptors (Lipinski definition) is 7. The van der Waals surface area contributed by atoms with Crippen LogP contribution in [0.4, 0.5) is 0 Å². The Morgan fingerprint density at radius 1 is 0.587 bits per heavy atom. The maximum Gasteiger partial charge on any atom is 0.306 e. The predicted molar refractivity (Wildman–Crippen MR) is 189 cm³/mol. The van der Waals surface area contributed by atoms with Gasteiger partial charge in [0.2, 0.25) is 0 Å². The Kier molecular flexibility index (Phi) is 32.1. The van der Waals surface area contributed by atoms with Crippen LogP contribution in [0.15, 0.2) is 0 Å². The van der Waals surface area contributed by atoms with E-state index in [0.717, 1.165) is 58.0 Å². The average Bonchev–Trinajstić information content (AvgIpc) is 3.47. The summed E-state index contributed by atoms with van der Waals surface area (Å²) in [5.41, 5.74) is 0. The highest BCUT2D eigenvalue weighted by molar-refractivity contribution is 5.73. The molecule has 1 fully saturated rings. The molecule has 1 rings (SSSR count). The van der Waals surface area contributed by atoms with Crippen LogP contribution >= 0.6 is 0 Å². The molecule has 0 aromatic carbocycles. The van der Waals surface area contributed by atoms with E-state index in [2.05, 4.69) is 27.7 Å². The Hall–Kier alpha value is -1.63. The van der Waals surface area contributed by atoms with E-state index in [1.54, 1.807) is 7.11 Å². The van der Waals surface area contributed by atoms with E-state index >= 15 is 0 Å². The summed E-state index contributed by atoms with van der Waals surface area (Å²) in [6.07, 6.45) is 25.4. The van der Waals surface area contributed by atoms with Crippen molar-refractivity contribution < 1.29 is 33.3 Å². The monoisotopic (exact) mass is 655 g/mol. The molecule has 46 heavy (non-hydrogen) atoms. The molecular formula is C39H74O7.